The van der Waals surface area contributed by atoms with E-state index in [9.17, 15) is 0 Å². The van der Waals surface area contributed by atoms with Crippen LogP contribution in [-0.4, -0.2) is 25.7 Å². The Morgan fingerprint density at radius 2 is 2.05 bits per heavy atom. The minimum absolute atomic E-state index is 0.0266. The molecule has 4 nitrogen and oxygen atoms in total. The van der Waals surface area contributed by atoms with Crippen molar-refractivity contribution in [3.05, 3.63) is 53.9 Å². The molecule has 0 bridgehead atoms. The maximum absolute atomic E-state index is 5.48. The fraction of sp³-hybridized carbons (Fsp3) is 0.312. The standard InChI is InChI=1S/C16H20N2O2/c1-4-18-16(12-6-5-9-17-11-12)14-10-13(19-2)7-8-15(14)20-3/h5-11,16,18H,4H2,1-3H3. The number of methoxy groups -OCH3 is 2. The van der Waals surface area contributed by atoms with Crippen LogP contribution in [0.3, 0.4) is 0 Å². The highest BCUT2D eigenvalue weighted by molar-refractivity contribution is 5.45. The molecule has 20 heavy (non-hydrogen) atoms. The predicted octanol–water partition coefficient (Wildman–Crippen LogP) is 2.80. The van der Waals surface area contributed by atoms with Gasteiger partial charge in [0.05, 0.1) is 20.3 Å². The average molecular weight is 272 g/mol. The normalized spacial score (nSPS) is 11.9. The van der Waals surface area contributed by atoms with Gasteiger partial charge in [0.2, 0.25) is 0 Å². The largest absolute Gasteiger partial charge is 0.497 e. The first kappa shape index (κ1) is 14.3. The van der Waals surface area contributed by atoms with E-state index in [2.05, 4.69) is 23.3 Å². The van der Waals surface area contributed by atoms with Gasteiger partial charge in [0.25, 0.3) is 0 Å². The van der Waals surface area contributed by atoms with Crippen LogP contribution in [0.5, 0.6) is 11.5 Å². The van der Waals surface area contributed by atoms with Crippen LogP contribution in [0.4, 0.5) is 0 Å². The summed E-state index contributed by atoms with van der Waals surface area (Å²) in [6, 6.07) is 9.84. The van der Waals surface area contributed by atoms with Crippen molar-refractivity contribution in [2.24, 2.45) is 0 Å². The third kappa shape index (κ3) is 3.08. The second-order valence-electron chi connectivity index (χ2n) is 4.38. The van der Waals surface area contributed by atoms with Gasteiger partial charge >= 0.3 is 0 Å². The summed E-state index contributed by atoms with van der Waals surface area (Å²) in [5.74, 6) is 1.65. The van der Waals surface area contributed by atoms with Crippen molar-refractivity contribution >= 4 is 0 Å². The minimum Gasteiger partial charge on any atom is -0.497 e. The molecule has 0 aliphatic rings. The highest BCUT2D eigenvalue weighted by atomic mass is 16.5. The van der Waals surface area contributed by atoms with E-state index in [1.165, 1.54) is 0 Å². The summed E-state index contributed by atoms with van der Waals surface area (Å²) in [5.41, 5.74) is 2.14. The minimum atomic E-state index is 0.0266. The Labute approximate surface area is 119 Å². The molecule has 0 saturated heterocycles. The maximum Gasteiger partial charge on any atom is 0.124 e. The molecule has 2 aromatic rings. The Balaban J connectivity index is 2.48. The van der Waals surface area contributed by atoms with E-state index < -0.39 is 0 Å². The monoisotopic (exact) mass is 272 g/mol. The van der Waals surface area contributed by atoms with Crippen LogP contribution in [0.1, 0.15) is 24.1 Å². The number of hydrogen-bond donors (Lipinski definition) is 1. The first-order chi connectivity index (χ1) is 9.80. The molecule has 1 unspecified atom stereocenters. The van der Waals surface area contributed by atoms with Gasteiger partial charge in [-0.05, 0) is 36.4 Å². The molecule has 2 rings (SSSR count). The van der Waals surface area contributed by atoms with Crippen LogP contribution in [-0.2, 0) is 0 Å². The van der Waals surface area contributed by atoms with Gasteiger partial charge in [0, 0.05) is 18.0 Å². The number of ether oxygens (including phenoxy) is 2. The lowest BCUT2D eigenvalue weighted by Crippen LogP contribution is -2.22. The van der Waals surface area contributed by atoms with Crippen LogP contribution in [0.2, 0.25) is 0 Å². The maximum atomic E-state index is 5.48. The van der Waals surface area contributed by atoms with Gasteiger partial charge in [0.15, 0.2) is 0 Å². The average Bonchev–Trinajstić information content (AvgIpc) is 2.53. The number of nitrogens with one attached hydrogen (secondary N) is 1. The first-order valence-corrected chi connectivity index (χ1v) is 6.65. The van der Waals surface area contributed by atoms with E-state index >= 15 is 0 Å². The van der Waals surface area contributed by atoms with Gasteiger partial charge in [-0.3, -0.25) is 4.98 Å². The summed E-state index contributed by atoms with van der Waals surface area (Å²) >= 11 is 0. The molecule has 0 amide bonds. The lowest BCUT2D eigenvalue weighted by atomic mass is 9.99. The van der Waals surface area contributed by atoms with Crippen molar-refractivity contribution in [3.8, 4) is 11.5 Å². The third-order valence-electron chi connectivity index (χ3n) is 3.17. The van der Waals surface area contributed by atoms with E-state index in [0.29, 0.717) is 0 Å². The molecule has 0 saturated carbocycles. The summed E-state index contributed by atoms with van der Waals surface area (Å²) < 4.78 is 10.8. The van der Waals surface area contributed by atoms with Crippen LogP contribution in [0.25, 0.3) is 0 Å². The van der Waals surface area contributed by atoms with Crippen molar-refractivity contribution in [1.82, 2.24) is 10.3 Å². The number of rotatable bonds is 6. The Morgan fingerprint density at radius 1 is 1.20 bits per heavy atom. The van der Waals surface area contributed by atoms with Crippen LogP contribution < -0.4 is 14.8 Å². The molecule has 0 fully saturated rings. The summed E-state index contributed by atoms with van der Waals surface area (Å²) in [4.78, 5) is 4.20. The van der Waals surface area contributed by atoms with E-state index in [-0.39, 0.29) is 6.04 Å². The smallest absolute Gasteiger partial charge is 0.124 e. The molecule has 1 aromatic carbocycles. The molecule has 0 radical (unpaired) electrons. The lowest BCUT2D eigenvalue weighted by Gasteiger charge is -2.21. The molecule has 0 spiro atoms. The zero-order chi connectivity index (χ0) is 14.4. The molecule has 4 heteroatoms. The van der Waals surface area contributed by atoms with Gasteiger partial charge < -0.3 is 14.8 Å². The van der Waals surface area contributed by atoms with Crippen molar-refractivity contribution in [1.29, 1.82) is 0 Å². The fourth-order valence-corrected chi connectivity index (χ4v) is 2.22. The van der Waals surface area contributed by atoms with Gasteiger partial charge in [-0.25, -0.2) is 0 Å². The lowest BCUT2D eigenvalue weighted by molar-refractivity contribution is 0.394. The zero-order valence-corrected chi connectivity index (χ0v) is 12.1. The molecular weight excluding hydrogens is 252 g/mol. The second kappa shape index (κ2) is 6.91. The van der Waals surface area contributed by atoms with Gasteiger partial charge in [-0.1, -0.05) is 13.0 Å². The Hall–Kier alpha value is -2.07. The summed E-state index contributed by atoms with van der Waals surface area (Å²) in [5, 5.41) is 3.47. The Bertz CT molecular complexity index is 543. The van der Waals surface area contributed by atoms with E-state index in [4.69, 9.17) is 9.47 Å². The Morgan fingerprint density at radius 3 is 2.65 bits per heavy atom. The number of pyridine rings is 1. The fourth-order valence-electron chi connectivity index (χ4n) is 2.22. The molecule has 1 aromatic heterocycles. The molecular formula is C16H20N2O2. The van der Waals surface area contributed by atoms with Gasteiger partial charge in [-0.15, -0.1) is 0 Å². The number of aromatic nitrogens is 1. The number of nitrogens with zero attached hydrogens (tertiary/aromatic N) is 1. The third-order valence-corrected chi connectivity index (χ3v) is 3.17. The second-order valence-corrected chi connectivity index (χ2v) is 4.38. The Kier molecular flexibility index (Phi) is 4.96. The summed E-state index contributed by atoms with van der Waals surface area (Å²) in [6.07, 6.45) is 3.64. The molecule has 0 aliphatic heterocycles. The summed E-state index contributed by atoms with van der Waals surface area (Å²) in [7, 11) is 3.34. The quantitative estimate of drug-likeness (QED) is 0.878. The van der Waals surface area contributed by atoms with Crippen LogP contribution in [0, 0.1) is 0 Å². The van der Waals surface area contributed by atoms with Crippen LogP contribution in [0.15, 0.2) is 42.7 Å². The van der Waals surface area contributed by atoms with Crippen molar-refractivity contribution < 1.29 is 9.47 Å². The number of hydrogen-bond acceptors (Lipinski definition) is 4. The van der Waals surface area contributed by atoms with Gasteiger partial charge in [0.1, 0.15) is 11.5 Å². The highest BCUT2D eigenvalue weighted by Crippen LogP contribution is 2.32. The SMILES string of the molecule is CCNC(c1cccnc1)c1cc(OC)ccc1OC. The predicted molar refractivity (Wildman–Crippen MR) is 79.3 cm³/mol. The van der Waals surface area contributed by atoms with Crippen molar-refractivity contribution in [2.75, 3.05) is 20.8 Å². The zero-order valence-electron chi connectivity index (χ0n) is 12.1. The van der Waals surface area contributed by atoms with Gasteiger partial charge in [-0.2, -0.15) is 0 Å². The molecule has 106 valence electrons. The molecule has 1 atom stereocenters. The molecule has 0 aliphatic carbocycles. The summed E-state index contributed by atoms with van der Waals surface area (Å²) in [6.45, 7) is 2.93. The van der Waals surface area contributed by atoms with Crippen molar-refractivity contribution in [3.63, 3.8) is 0 Å². The van der Waals surface area contributed by atoms with Crippen molar-refractivity contribution in [2.45, 2.75) is 13.0 Å². The van der Waals surface area contributed by atoms with E-state index in [1.807, 2.05) is 30.5 Å². The first-order valence-electron chi connectivity index (χ1n) is 6.65. The topological polar surface area (TPSA) is 43.4 Å². The molecule has 1 N–H and O–H groups in total. The van der Waals surface area contributed by atoms with Crippen LogP contribution >= 0.6 is 0 Å². The highest BCUT2D eigenvalue weighted by Gasteiger charge is 2.18. The molecule has 1 heterocycles. The van der Waals surface area contributed by atoms with E-state index in [1.54, 1.807) is 20.4 Å². The number of benzene rings is 1. The van der Waals surface area contributed by atoms with E-state index in [0.717, 1.165) is 29.2 Å².